The second-order valence-corrected chi connectivity index (χ2v) is 8.30. The van der Waals surface area contributed by atoms with E-state index in [-0.39, 0.29) is 11.6 Å². The first-order valence-corrected chi connectivity index (χ1v) is 10.7. The lowest BCUT2D eigenvalue weighted by atomic mass is 10.0. The van der Waals surface area contributed by atoms with Crippen LogP contribution in [0.3, 0.4) is 0 Å². The maximum absolute atomic E-state index is 13.1. The molecule has 8 heteroatoms. The van der Waals surface area contributed by atoms with Gasteiger partial charge in [-0.15, -0.1) is 0 Å². The average molecular weight is 413 g/mol. The van der Waals surface area contributed by atoms with Crippen LogP contribution in [0.2, 0.25) is 0 Å². The standard InChI is InChI=1S/C23H23N7O/c1-14-3-2-4-20(26-14)30-21-19(22(31)29(30)18-7-8-18)13-25-23(28-21)27-17-6-5-16-12-24-10-9-15(16)11-17/h2-6,11,13,18,24H,7-10,12H2,1H3,(H,25,27,28). The molecule has 2 N–H and O–H groups in total. The fraction of sp³-hybridized carbons (Fsp3) is 0.304. The van der Waals surface area contributed by atoms with Gasteiger partial charge in [-0.25, -0.2) is 19.3 Å². The molecule has 4 heterocycles. The predicted octanol–water partition coefficient (Wildman–Crippen LogP) is 3.01. The quantitative estimate of drug-likeness (QED) is 0.535. The number of benzene rings is 1. The topological polar surface area (TPSA) is 89.7 Å². The highest BCUT2D eigenvalue weighted by Gasteiger charge is 2.31. The Balaban J connectivity index is 1.46. The summed E-state index contributed by atoms with van der Waals surface area (Å²) < 4.78 is 3.64. The van der Waals surface area contributed by atoms with Crippen LogP contribution in [-0.4, -0.2) is 30.9 Å². The largest absolute Gasteiger partial charge is 0.324 e. The molecule has 1 aliphatic carbocycles. The minimum Gasteiger partial charge on any atom is -0.324 e. The van der Waals surface area contributed by atoms with Crippen LogP contribution in [0, 0.1) is 6.92 Å². The molecule has 1 aliphatic heterocycles. The second kappa shape index (κ2) is 7.02. The van der Waals surface area contributed by atoms with E-state index >= 15 is 0 Å². The molecule has 1 aromatic carbocycles. The molecule has 1 fully saturated rings. The van der Waals surface area contributed by atoms with Crippen molar-refractivity contribution < 1.29 is 0 Å². The van der Waals surface area contributed by atoms with Crippen molar-refractivity contribution >= 4 is 22.7 Å². The van der Waals surface area contributed by atoms with Crippen molar-refractivity contribution in [1.29, 1.82) is 0 Å². The van der Waals surface area contributed by atoms with Gasteiger partial charge in [0.15, 0.2) is 11.5 Å². The number of anilines is 2. The molecule has 1 saturated carbocycles. The molecule has 2 aliphatic rings. The van der Waals surface area contributed by atoms with Crippen LogP contribution < -0.4 is 16.2 Å². The summed E-state index contributed by atoms with van der Waals surface area (Å²) in [6, 6.07) is 12.3. The Morgan fingerprint density at radius 3 is 2.87 bits per heavy atom. The van der Waals surface area contributed by atoms with E-state index < -0.39 is 0 Å². The second-order valence-electron chi connectivity index (χ2n) is 8.30. The average Bonchev–Trinajstić information content (AvgIpc) is 3.58. The Kier molecular flexibility index (Phi) is 4.14. The fourth-order valence-corrected chi connectivity index (χ4v) is 4.26. The van der Waals surface area contributed by atoms with Crippen LogP contribution in [0.1, 0.15) is 35.7 Å². The van der Waals surface area contributed by atoms with Crippen LogP contribution in [-0.2, 0) is 13.0 Å². The summed E-state index contributed by atoms with van der Waals surface area (Å²) >= 11 is 0. The van der Waals surface area contributed by atoms with E-state index in [1.807, 2.05) is 35.9 Å². The van der Waals surface area contributed by atoms with E-state index in [9.17, 15) is 4.79 Å². The van der Waals surface area contributed by atoms with E-state index in [4.69, 9.17) is 4.98 Å². The molecule has 0 amide bonds. The number of hydrogen-bond acceptors (Lipinski definition) is 6. The lowest BCUT2D eigenvalue weighted by molar-refractivity contribution is 0.553. The molecule has 4 aromatic rings. The molecule has 3 aromatic heterocycles. The highest BCUT2D eigenvalue weighted by Crippen LogP contribution is 2.35. The highest BCUT2D eigenvalue weighted by atomic mass is 16.1. The van der Waals surface area contributed by atoms with Crippen molar-refractivity contribution in [2.75, 3.05) is 11.9 Å². The van der Waals surface area contributed by atoms with Gasteiger partial charge in [0.05, 0.1) is 6.04 Å². The maximum atomic E-state index is 13.1. The van der Waals surface area contributed by atoms with Gasteiger partial charge in [-0.3, -0.25) is 4.79 Å². The third-order valence-corrected chi connectivity index (χ3v) is 5.96. The van der Waals surface area contributed by atoms with Crippen molar-refractivity contribution in [2.45, 2.75) is 38.8 Å². The van der Waals surface area contributed by atoms with E-state index in [0.29, 0.717) is 22.8 Å². The summed E-state index contributed by atoms with van der Waals surface area (Å²) in [7, 11) is 0. The lowest BCUT2D eigenvalue weighted by Crippen LogP contribution is -2.23. The van der Waals surface area contributed by atoms with E-state index in [2.05, 4.69) is 32.7 Å². The molecule has 0 bridgehead atoms. The van der Waals surface area contributed by atoms with E-state index in [1.54, 1.807) is 10.9 Å². The number of hydrogen-bond donors (Lipinski definition) is 2. The monoisotopic (exact) mass is 413 g/mol. The summed E-state index contributed by atoms with van der Waals surface area (Å²) in [5.74, 6) is 1.17. The Labute approximate surface area is 179 Å². The van der Waals surface area contributed by atoms with Gasteiger partial charge < -0.3 is 10.6 Å². The zero-order chi connectivity index (χ0) is 20.9. The minimum absolute atomic E-state index is 0.0614. The van der Waals surface area contributed by atoms with Crippen LogP contribution in [0.4, 0.5) is 11.6 Å². The van der Waals surface area contributed by atoms with Crippen LogP contribution in [0.5, 0.6) is 0 Å². The summed E-state index contributed by atoms with van der Waals surface area (Å²) in [5, 5.41) is 7.23. The third kappa shape index (κ3) is 3.19. The molecule has 31 heavy (non-hydrogen) atoms. The smallest absolute Gasteiger partial charge is 0.278 e. The van der Waals surface area contributed by atoms with Gasteiger partial charge in [-0.1, -0.05) is 12.1 Å². The molecular weight excluding hydrogens is 390 g/mol. The first kappa shape index (κ1) is 18.3. The van der Waals surface area contributed by atoms with E-state index in [0.717, 1.165) is 43.7 Å². The molecule has 8 nitrogen and oxygen atoms in total. The molecule has 0 radical (unpaired) electrons. The first-order valence-electron chi connectivity index (χ1n) is 10.7. The maximum Gasteiger partial charge on any atom is 0.278 e. The number of aromatic nitrogens is 5. The first-order chi connectivity index (χ1) is 15.2. The summed E-state index contributed by atoms with van der Waals surface area (Å²) in [5.41, 5.74) is 5.03. The molecule has 6 rings (SSSR count). The molecule has 0 saturated heterocycles. The Hall–Kier alpha value is -3.52. The van der Waals surface area contributed by atoms with Gasteiger partial charge in [0, 0.05) is 24.1 Å². The van der Waals surface area contributed by atoms with Crippen LogP contribution in [0.25, 0.3) is 16.9 Å². The number of fused-ring (bicyclic) bond motifs is 2. The Morgan fingerprint density at radius 2 is 2.03 bits per heavy atom. The van der Waals surface area contributed by atoms with Crippen molar-refractivity contribution in [3.63, 3.8) is 0 Å². The summed E-state index contributed by atoms with van der Waals surface area (Å²) in [4.78, 5) is 27.0. The normalized spacial score (nSPS) is 15.8. The molecule has 156 valence electrons. The molecule has 0 spiro atoms. The van der Waals surface area contributed by atoms with Crippen molar-refractivity contribution in [2.24, 2.45) is 0 Å². The van der Waals surface area contributed by atoms with Gasteiger partial charge in [-0.05, 0) is 68.1 Å². The zero-order valence-electron chi connectivity index (χ0n) is 17.3. The Morgan fingerprint density at radius 1 is 1.13 bits per heavy atom. The highest BCUT2D eigenvalue weighted by molar-refractivity contribution is 5.77. The van der Waals surface area contributed by atoms with Crippen molar-refractivity contribution in [3.05, 3.63) is 69.8 Å². The predicted molar refractivity (Wildman–Crippen MR) is 119 cm³/mol. The SMILES string of the molecule is Cc1cccc(-n2c3nc(Nc4ccc5c(c4)CCNC5)ncc3c(=O)n2C2CC2)n1. The molecular formula is C23H23N7O. The van der Waals surface area contributed by atoms with Crippen LogP contribution in [0.15, 0.2) is 47.4 Å². The van der Waals surface area contributed by atoms with Crippen molar-refractivity contribution in [3.8, 4) is 5.82 Å². The summed E-state index contributed by atoms with van der Waals surface area (Å²) in [6.45, 7) is 3.84. The number of rotatable bonds is 4. The van der Waals surface area contributed by atoms with Crippen molar-refractivity contribution in [1.82, 2.24) is 29.6 Å². The molecule has 0 unspecified atom stereocenters. The van der Waals surface area contributed by atoms with E-state index in [1.165, 1.54) is 11.1 Å². The number of pyridine rings is 1. The van der Waals surface area contributed by atoms with Gasteiger partial charge in [0.2, 0.25) is 5.95 Å². The van der Waals surface area contributed by atoms with Gasteiger partial charge in [0.1, 0.15) is 5.39 Å². The number of nitrogens with one attached hydrogen (secondary N) is 2. The fourth-order valence-electron chi connectivity index (χ4n) is 4.26. The minimum atomic E-state index is -0.0614. The van der Waals surface area contributed by atoms with Gasteiger partial charge >= 0.3 is 0 Å². The molecule has 0 atom stereocenters. The van der Waals surface area contributed by atoms with Gasteiger partial charge in [0.25, 0.3) is 5.56 Å². The zero-order valence-corrected chi connectivity index (χ0v) is 17.3. The number of aryl methyl sites for hydroxylation is 1. The lowest BCUT2D eigenvalue weighted by Gasteiger charge is -2.18. The third-order valence-electron chi connectivity index (χ3n) is 5.96. The van der Waals surface area contributed by atoms with Crippen LogP contribution >= 0.6 is 0 Å². The number of nitrogens with zero attached hydrogens (tertiary/aromatic N) is 5. The Bertz CT molecular complexity index is 1370. The van der Waals surface area contributed by atoms with Gasteiger partial charge in [-0.2, -0.15) is 4.98 Å². The summed E-state index contributed by atoms with van der Waals surface area (Å²) in [6.07, 6.45) is 4.61.